The van der Waals surface area contributed by atoms with Gasteiger partial charge in [-0.05, 0) is 24.1 Å². The quantitative estimate of drug-likeness (QED) is 0.272. The van der Waals surface area contributed by atoms with Crippen LogP contribution in [-0.2, 0) is 11.2 Å². The highest BCUT2D eigenvalue weighted by Gasteiger charge is 2.21. The SMILES string of the molecule is COC(=O)c1c(/N=C/c2cc([N+](=O)[O-])ccc2O)sc(Cc2ccccc2)c1C. The molecular weight excluding hydrogens is 392 g/mol. The van der Waals surface area contributed by atoms with Gasteiger partial charge in [-0.3, -0.25) is 10.1 Å². The minimum atomic E-state index is -0.552. The minimum Gasteiger partial charge on any atom is -0.507 e. The highest BCUT2D eigenvalue weighted by atomic mass is 32.1. The number of benzene rings is 2. The van der Waals surface area contributed by atoms with E-state index in [1.165, 1.54) is 42.9 Å². The standard InChI is InChI=1S/C21H18N2O5S/c1-13-18(10-14-6-4-3-5-7-14)29-20(19(13)21(25)28-2)22-12-15-11-16(23(26)27)8-9-17(15)24/h3-9,11-12,24H,10H2,1-2H3/b22-12+. The van der Waals surface area contributed by atoms with E-state index in [4.69, 9.17) is 4.74 Å². The molecule has 29 heavy (non-hydrogen) atoms. The minimum absolute atomic E-state index is 0.142. The molecule has 0 radical (unpaired) electrons. The van der Waals surface area contributed by atoms with E-state index >= 15 is 0 Å². The molecule has 1 N–H and O–H groups in total. The maximum atomic E-state index is 12.3. The van der Waals surface area contributed by atoms with Gasteiger partial charge in [0.15, 0.2) is 0 Å². The summed E-state index contributed by atoms with van der Waals surface area (Å²) in [7, 11) is 1.30. The number of nitro benzene ring substituents is 1. The molecule has 0 saturated carbocycles. The first-order valence-electron chi connectivity index (χ1n) is 8.66. The Morgan fingerprint density at radius 1 is 1.28 bits per heavy atom. The number of thiophene rings is 1. The molecule has 3 aromatic rings. The number of hydrogen-bond acceptors (Lipinski definition) is 7. The van der Waals surface area contributed by atoms with Crippen molar-refractivity contribution in [3.63, 3.8) is 0 Å². The number of phenolic OH excluding ortho intramolecular Hbond substituents is 1. The molecule has 0 fully saturated rings. The fraction of sp³-hybridized carbons (Fsp3) is 0.143. The number of hydrogen-bond donors (Lipinski definition) is 1. The van der Waals surface area contributed by atoms with Crippen molar-refractivity contribution in [3.05, 3.63) is 85.8 Å². The molecule has 2 aromatic carbocycles. The number of nitro groups is 1. The van der Waals surface area contributed by atoms with Crippen LogP contribution in [0.1, 0.15) is 31.9 Å². The zero-order valence-electron chi connectivity index (χ0n) is 15.8. The lowest BCUT2D eigenvalue weighted by Crippen LogP contribution is -2.02. The van der Waals surface area contributed by atoms with E-state index in [0.29, 0.717) is 17.0 Å². The van der Waals surface area contributed by atoms with E-state index < -0.39 is 10.9 Å². The van der Waals surface area contributed by atoms with E-state index in [0.717, 1.165) is 16.0 Å². The van der Waals surface area contributed by atoms with Crippen LogP contribution in [0.25, 0.3) is 0 Å². The number of carbonyl (C=O) groups excluding carboxylic acids is 1. The Labute approximate surface area is 171 Å². The van der Waals surface area contributed by atoms with Crippen molar-refractivity contribution in [1.82, 2.24) is 0 Å². The van der Waals surface area contributed by atoms with Crippen LogP contribution in [-0.4, -0.2) is 29.3 Å². The van der Waals surface area contributed by atoms with Crippen molar-refractivity contribution < 1.29 is 19.6 Å². The van der Waals surface area contributed by atoms with Crippen LogP contribution in [0.3, 0.4) is 0 Å². The molecular formula is C21H18N2O5S. The third kappa shape index (κ3) is 4.49. The largest absolute Gasteiger partial charge is 0.507 e. The molecule has 0 unspecified atom stereocenters. The predicted octanol–water partition coefficient (Wildman–Crippen LogP) is 4.80. The topological polar surface area (TPSA) is 102 Å². The third-order valence-electron chi connectivity index (χ3n) is 4.37. The van der Waals surface area contributed by atoms with Gasteiger partial charge < -0.3 is 9.84 Å². The van der Waals surface area contributed by atoms with Gasteiger partial charge in [0.1, 0.15) is 10.8 Å². The van der Waals surface area contributed by atoms with Crippen molar-refractivity contribution in [1.29, 1.82) is 0 Å². The second-order valence-electron chi connectivity index (χ2n) is 6.24. The summed E-state index contributed by atoms with van der Waals surface area (Å²) in [6, 6.07) is 13.5. The molecule has 7 nitrogen and oxygen atoms in total. The molecule has 0 aliphatic heterocycles. The average molecular weight is 410 g/mol. The molecule has 148 valence electrons. The van der Waals surface area contributed by atoms with Crippen LogP contribution in [0.2, 0.25) is 0 Å². The first-order chi connectivity index (χ1) is 13.9. The van der Waals surface area contributed by atoms with Gasteiger partial charge in [-0.25, -0.2) is 9.79 Å². The van der Waals surface area contributed by atoms with Gasteiger partial charge >= 0.3 is 5.97 Å². The van der Waals surface area contributed by atoms with E-state index in [1.54, 1.807) is 0 Å². The summed E-state index contributed by atoms with van der Waals surface area (Å²) in [5.74, 6) is -0.648. The van der Waals surface area contributed by atoms with E-state index in [1.807, 2.05) is 37.3 Å². The number of aromatic hydroxyl groups is 1. The molecule has 0 aliphatic rings. The van der Waals surface area contributed by atoms with Gasteiger partial charge in [-0.1, -0.05) is 30.3 Å². The van der Waals surface area contributed by atoms with Crippen molar-refractivity contribution in [2.24, 2.45) is 4.99 Å². The lowest BCUT2D eigenvalue weighted by atomic mass is 10.1. The van der Waals surface area contributed by atoms with Crippen LogP contribution in [0, 0.1) is 17.0 Å². The smallest absolute Gasteiger partial charge is 0.341 e. The van der Waals surface area contributed by atoms with Crippen LogP contribution < -0.4 is 0 Å². The number of carbonyl (C=O) groups is 1. The monoisotopic (exact) mass is 410 g/mol. The van der Waals surface area contributed by atoms with Crippen LogP contribution in [0.5, 0.6) is 5.75 Å². The summed E-state index contributed by atoms with van der Waals surface area (Å²) in [6.45, 7) is 1.84. The fourth-order valence-corrected chi connectivity index (χ4v) is 3.99. The highest BCUT2D eigenvalue weighted by molar-refractivity contribution is 7.16. The molecule has 0 saturated heterocycles. The van der Waals surface area contributed by atoms with Crippen LogP contribution >= 0.6 is 11.3 Å². The summed E-state index contributed by atoms with van der Waals surface area (Å²) >= 11 is 1.35. The summed E-state index contributed by atoms with van der Waals surface area (Å²) in [4.78, 5) is 28.0. The number of rotatable bonds is 6. The van der Waals surface area contributed by atoms with Crippen LogP contribution in [0.4, 0.5) is 10.7 Å². The van der Waals surface area contributed by atoms with Gasteiger partial charge in [-0.15, -0.1) is 11.3 Å². The summed E-state index contributed by atoms with van der Waals surface area (Å²) < 4.78 is 4.90. The molecule has 0 amide bonds. The number of nitrogens with zero attached hydrogens (tertiary/aromatic N) is 2. The molecule has 8 heteroatoms. The van der Waals surface area contributed by atoms with Gasteiger partial charge in [0.2, 0.25) is 0 Å². The molecule has 1 heterocycles. The zero-order valence-corrected chi connectivity index (χ0v) is 16.6. The first kappa shape index (κ1) is 20.2. The van der Waals surface area contributed by atoms with E-state index in [2.05, 4.69) is 4.99 Å². The van der Waals surface area contributed by atoms with Crippen molar-refractivity contribution in [2.45, 2.75) is 13.3 Å². The molecule has 0 spiro atoms. The van der Waals surface area contributed by atoms with E-state index in [-0.39, 0.29) is 17.0 Å². The Balaban J connectivity index is 2.01. The van der Waals surface area contributed by atoms with Gasteiger partial charge in [0.05, 0.1) is 17.6 Å². The number of ether oxygens (including phenoxy) is 1. The summed E-state index contributed by atoms with van der Waals surface area (Å²) in [5.41, 5.74) is 2.25. The number of phenols is 1. The Hall–Kier alpha value is -3.52. The molecule has 0 atom stereocenters. The lowest BCUT2D eigenvalue weighted by molar-refractivity contribution is -0.384. The highest BCUT2D eigenvalue weighted by Crippen LogP contribution is 2.37. The lowest BCUT2D eigenvalue weighted by Gasteiger charge is -2.02. The zero-order chi connectivity index (χ0) is 21.0. The summed E-state index contributed by atoms with van der Waals surface area (Å²) in [6.07, 6.45) is 1.95. The summed E-state index contributed by atoms with van der Waals surface area (Å²) in [5, 5.41) is 21.4. The van der Waals surface area contributed by atoms with Crippen molar-refractivity contribution >= 4 is 34.2 Å². The van der Waals surface area contributed by atoms with Gasteiger partial charge in [-0.2, -0.15) is 0 Å². The number of non-ortho nitro benzene ring substituents is 1. The number of methoxy groups -OCH3 is 1. The Kier molecular flexibility index (Phi) is 6.04. The average Bonchev–Trinajstić information content (AvgIpc) is 3.02. The van der Waals surface area contributed by atoms with Gasteiger partial charge in [0.25, 0.3) is 5.69 Å². The molecule has 3 rings (SSSR count). The molecule has 1 aromatic heterocycles. The number of esters is 1. The Morgan fingerprint density at radius 2 is 2.00 bits per heavy atom. The fourth-order valence-electron chi connectivity index (χ4n) is 2.81. The number of aliphatic imine (C=N–C) groups is 1. The second-order valence-corrected chi connectivity index (χ2v) is 7.33. The van der Waals surface area contributed by atoms with E-state index in [9.17, 15) is 20.0 Å². The predicted molar refractivity (Wildman–Crippen MR) is 112 cm³/mol. The normalized spacial score (nSPS) is 11.0. The maximum absolute atomic E-state index is 12.3. The first-order valence-corrected chi connectivity index (χ1v) is 9.48. The third-order valence-corrected chi connectivity index (χ3v) is 5.57. The Morgan fingerprint density at radius 3 is 2.66 bits per heavy atom. The molecule has 0 aliphatic carbocycles. The molecule has 0 bridgehead atoms. The Bertz CT molecular complexity index is 1090. The van der Waals surface area contributed by atoms with Crippen LogP contribution in [0.15, 0.2) is 53.5 Å². The maximum Gasteiger partial charge on any atom is 0.341 e. The van der Waals surface area contributed by atoms with Crippen molar-refractivity contribution in [3.8, 4) is 5.75 Å². The van der Waals surface area contributed by atoms with Gasteiger partial charge in [0, 0.05) is 35.2 Å². The van der Waals surface area contributed by atoms with Crippen molar-refractivity contribution in [2.75, 3.05) is 7.11 Å². The second kappa shape index (κ2) is 8.66.